The van der Waals surface area contributed by atoms with Crippen molar-refractivity contribution in [1.82, 2.24) is 9.97 Å². The van der Waals surface area contributed by atoms with Crippen molar-refractivity contribution in [2.75, 3.05) is 10.6 Å². The zero-order valence-electron chi connectivity index (χ0n) is 14.3. The first kappa shape index (κ1) is 16.6. The van der Waals surface area contributed by atoms with Crippen LogP contribution in [-0.4, -0.2) is 15.9 Å². The van der Waals surface area contributed by atoms with Gasteiger partial charge >= 0.3 is 0 Å². The molecule has 0 saturated carbocycles. The Labute approximate surface area is 147 Å². The van der Waals surface area contributed by atoms with Gasteiger partial charge in [-0.2, -0.15) is 0 Å². The normalized spacial score (nSPS) is 10.3. The molecule has 0 spiro atoms. The van der Waals surface area contributed by atoms with Gasteiger partial charge in [0, 0.05) is 24.6 Å². The standard InChI is InChI=1S/C20H20N4O/c1-14-5-3-7-18(15(14)2)24-20(25)19-9-8-17(13-23-19)22-12-16-6-4-10-21-11-16/h3-11,13,22H,12H2,1-2H3,(H,24,25). The fourth-order valence-corrected chi connectivity index (χ4v) is 2.41. The summed E-state index contributed by atoms with van der Waals surface area (Å²) in [5.74, 6) is -0.215. The predicted octanol–water partition coefficient (Wildman–Crippen LogP) is 3.96. The monoisotopic (exact) mass is 332 g/mol. The molecule has 5 nitrogen and oxygen atoms in total. The average molecular weight is 332 g/mol. The third-order valence-electron chi connectivity index (χ3n) is 4.07. The summed E-state index contributed by atoms with van der Waals surface area (Å²) < 4.78 is 0. The third-order valence-corrected chi connectivity index (χ3v) is 4.07. The molecule has 25 heavy (non-hydrogen) atoms. The first-order valence-corrected chi connectivity index (χ1v) is 8.10. The third kappa shape index (κ3) is 4.20. The van der Waals surface area contributed by atoms with Crippen LogP contribution in [0.2, 0.25) is 0 Å². The van der Waals surface area contributed by atoms with Gasteiger partial charge in [0.25, 0.3) is 5.91 Å². The van der Waals surface area contributed by atoms with Crippen LogP contribution < -0.4 is 10.6 Å². The largest absolute Gasteiger partial charge is 0.380 e. The fraction of sp³-hybridized carbons (Fsp3) is 0.150. The molecule has 2 aromatic heterocycles. The Hall–Kier alpha value is -3.21. The molecule has 0 atom stereocenters. The number of carbonyl (C=O) groups is 1. The molecule has 0 saturated heterocycles. The van der Waals surface area contributed by atoms with E-state index in [9.17, 15) is 4.79 Å². The van der Waals surface area contributed by atoms with Crippen LogP contribution in [0, 0.1) is 13.8 Å². The van der Waals surface area contributed by atoms with E-state index in [0.29, 0.717) is 12.2 Å². The average Bonchev–Trinajstić information content (AvgIpc) is 2.65. The van der Waals surface area contributed by atoms with Crippen molar-refractivity contribution in [2.45, 2.75) is 20.4 Å². The maximum absolute atomic E-state index is 12.4. The number of benzene rings is 1. The molecule has 5 heteroatoms. The van der Waals surface area contributed by atoms with Crippen LogP contribution >= 0.6 is 0 Å². The second-order valence-electron chi connectivity index (χ2n) is 5.85. The molecule has 2 N–H and O–H groups in total. The van der Waals surface area contributed by atoms with Gasteiger partial charge in [0.15, 0.2) is 0 Å². The maximum Gasteiger partial charge on any atom is 0.274 e. The highest BCUT2D eigenvalue weighted by atomic mass is 16.1. The minimum Gasteiger partial charge on any atom is -0.380 e. The van der Waals surface area contributed by atoms with E-state index >= 15 is 0 Å². The number of nitrogens with one attached hydrogen (secondary N) is 2. The highest BCUT2D eigenvalue weighted by molar-refractivity contribution is 6.03. The van der Waals surface area contributed by atoms with Gasteiger partial charge in [-0.15, -0.1) is 0 Å². The lowest BCUT2D eigenvalue weighted by molar-refractivity contribution is 0.102. The topological polar surface area (TPSA) is 66.9 Å². The van der Waals surface area contributed by atoms with Crippen LogP contribution in [0.1, 0.15) is 27.2 Å². The number of anilines is 2. The van der Waals surface area contributed by atoms with E-state index in [1.165, 1.54) is 0 Å². The van der Waals surface area contributed by atoms with Crippen LogP contribution in [0.4, 0.5) is 11.4 Å². The van der Waals surface area contributed by atoms with Gasteiger partial charge in [-0.1, -0.05) is 18.2 Å². The maximum atomic E-state index is 12.4. The highest BCUT2D eigenvalue weighted by Gasteiger charge is 2.09. The van der Waals surface area contributed by atoms with Crippen molar-refractivity contribution in [3.05, 3.63) is 83.4 Å². The summed E-state index contributed by atoms with van der Waals surface area (Å²) in [6.07, 6.45) is 5.22. The Morgan fingerprint density at radius 3 is 2.64 bits per heavy atom. The van der Waals surface area contributed by atoms with E-state index < -0.39 is 0 Å². The van der Waals surface area contributed by atoms with E-state index in [4.69, 9.17) is 0 Å². The summed E-state index contributed by atoms with van der Waals surface area (Å²) in [4.78, 5) is 20.7. The van der Waals surface area contributed by atoms with Crippen LogP contribution in [0.25, 0.3) is 0 Å². The molecular weight excluding hydrogens is 312 g/mol. The second kappa shape index (κ2) is 7.57. The number of pyridine rings is 2. The Kier molecular flexibility index (Phi) is 5.04. The molecule has 0 radical (unpaired) electrons. The lowest BCUT2D eigenvalue weighted by Crippen LogP contribution is -2.14. The molecule has 0 unspecified atom stereocenters. The van der Waals surface area contributed by atoms with Crippen LogP contribution in [-0.2, 0) is 6.54 Å². The van der Waals surface area contributed by atoms with Crippen LogP contribution in [0.3, 0.4) is 0 Å². The number of hydrogen-bond donors (Lipinski definition) is 2. The summed E-state index contributed by atoms with van der Waals surface area (Å²) >= 11 is 0. The number of carbonyl (C=O) groups excluding carboxylic acids is 1. The lowest BCUT2D eigenvalue weighted by Gasteiger charge is -2.10. The van der Waals surface area contributed by atoms with Gasteiger partial charge in [-0.3, -0.25) is 9.78 Å². The van der Waals surface area contributed by atoms with Gasteiger partial charge in [-0.05, 0) is 54.8 Å². The summed E-state index contributed by atoms with van der Waals surface area (Å²) in [6, 6.07) is 13.3. The Morgan fingerprint density at radius 1 is 1.04 bits per heavy atom. The van der Waals surface area contributed by atoms with Crippen molar-refractivity contribution in [3.8, 4) is 0 Å². The summed E-state index contributed by atoms with van der Waals surface area (Å²) in [5.41, 5.74) is 5.33. The van der Waals surface area contributed by atoms with Crippen LogP contribution in [0.5, 0.6) is 0 Å². The van der Waals surface area contributed by atoms with E-state index in [-0.39, 0.29) is 5.91 Å². The first-order chi connectivity index (χ1) is 12.1. The summed E-state index contributed by atoms with van der Waals surface area (Å²) in [5, 5.41) is 6.17. The Morgan fingerprint density at radius 2 is 1.92 bits per heavy atom. The summed E-state index contributed by atoms with van der Waals surface area (Å²) in [7, 11) is 0. The SMILES string of the molecule is Cc1cccc(NC(=O)c2ccc(NCc3cccnc3)cn2)c1C. The van der Waals surface area contributed by atoms with Gasteiger partial charge in [0.2, 0.25) is 0 Å². The van der Waals surface area contributed by atoms with Gasteiger partial charge in [0.05, 0.1) is 11.9 Å². The van der Waals surface area contributed by atoms with Crippen molar-refractivity contribution in [1.29, 1.82) is 0 Å². The minimum atomic E-state index is -0.215. The van der Waals surface area contributed by atoms with E-state index in [1.807, 2.05) is 56.4 Å². The van der Waals surface area contributed by atoms with Crippen molar-refractivity contribution in [3.63, 3.8) is 0 Å². The highest BCUT2D eigenvalue weighted by Crippen LogP contribution is 2.19. The minimum absolute atomic E-state index is 0.215. The molecule has 0 aliphatic carbocycles. The lowest BCUT2D eigenvalue weighted by atomic mass is 10.1. The fourth-order valence-electron chi connectivity index (χ4n) is 2.41. The molecule has 3 aromatic rings. The second-order valence-corrected chi connectivity index (χ2v) is 5.85. The molecule has 2 heterocycles. The summed E-state index contributed by atoms with van der Waals surface area (Å²) in [6.45, 7) is 4.67. The predicted molar refractivity (Wildman–Crippen MR) is 99.7 cm³/mol. The van der Waals surface area contributed by atoms with Crippen molar-refractivity contribution < 1.29 is 4.79 Å². The smallest absolute Gasteiger partial charge is 0.274 e. The molecule has 126 valence electrons. The van der Waals surface area contributed by atoms with E-state index in [0.717, 1.165) is 28.1 Å². The zero-order valence-corrected chi connectivity index (χ0v) is 14.3. The Bertz CT molecular complexity index is 861. The molecule has 0 bridgehead atoms. The van der Waals surface area contributed by atoms with Crippen molar-refractivity contribution >= 4 is 17.3 Å². The van der Waals surface area contributed by atoms with Gasteiger partial charge in [0.1, 0.15) is 5.69 Å². The molecule has 0 aliphatic heterocycles. The molecule has 0 aliphatic rings. The number of aryl methyl sites for hydroxylation is 1. The van der Waals surface area contributed by atoms with E-state index in [2.05, 4.69) is 20.6 Å². The molecule has 1 aromatic carbocycles. The van der Waals surface area contributed by atoms with Crippen LogP contribution in [0.15, 0.2) is 61.1 Å². The number of aromatic nitrogens is 2. The molecular formula is C20H20N4O. The molecule has 1 amide bonds. The quantitative estimate of drug-likeness (QED) is 0.742. The Balaban J connectivity index is 1.63. The van der Waals surface area contributed by atoms with Crippen molar-refractivity contribution in [2.24, 2.45) is 0 Å². The number of rotatable bonds is 5. The number of amides is 1. The number of hydrogen-bond acceptors (Lipinski definition) is 4. The number of nitrogens with zero attached hydrogens (tertiary/aromatic N) is 2. The van der Waals surface area contributed by atoms with Gasteiger partial charge < -0.3 is 10.6 Å². The zero-order chi connectivity index (χ0) is 17.6. The first-order valence-electron chi connectivity index (χ1n) is 8.10. The molecule has 3 rings (SSSR count). The van der Waals surface area contributed by atoms with E-state index in [1.54, 1.807) is 18.5 Å². The molecule has 0 fully saturated rings. The van der Waals surface area contributed by atoms with Gasteiger partial charge in [-0.25, -0.2) is 4.98 Å².